The number of rotatable bonds is 8. The van der Waals surface area contributed by atoms with Gasteiger partial charge < -0.3 is 14.7 Å². The number of anilines is 1. The first-order valence-corrected chi connectivity index (χ1v) is 9.82. The molecule has 2 aromatic carbocycles. The van der Waals surface area contributed by atoms with E-state index >= 15 is 0 Å². The zero-order valence-electron chi connectivity index (χ0n) is 16.4. The molecule has 152 valence electrons. The summed E-state index contributed by atoms with van der Waals surface area (Å²) in [4.78, 5) is 14.8. The van der Waals surface area contributed by atoms with Crippen molar-refractivity contribution in [3.05, 3.63) is 70.7 Å². The lowest BCUT2D eigenvalue weighted by molar-refractivity contribution is 0.0952. The molecular weight excluding hydrogens is 393 g/mol. The highest BCUT2D eigenvalue weighted by Crippen LogP contribution is 2.33. The maximum atomic E-state index is 14.3. The third-order valence-corrected chi connectivity index (χ3v) is 5.01. The number of amides is 1. The number of para-hydroxylation sites is 1. The molecule has 0 atom stereocenters. The molecule has 0 saturated heterocycles. The molecule has 0 saturated carbocycles. The lowest BCUT2D eigenvalue weighted by Crippen LogP contribution is -2.26. The van der Waals surface area contributed by atoms with E-state index in [1.54, 1.807) is 13.0 Å². The molecule has 0 aliphatic rings. The molecule has 0 spiro atoms. The smallest absolute Gasteiger partial charge is 0.257 e. The van der Waals surface area contributed by atoms with Crippen molar-refractivity contribution in [1.82, 2.24) is 10.5 Å². The van der Waals surface area contributed by atoms with Gasteiger partial charge in [0.25, 0.3) is 5.91 Å². The van der Waals surface area contributed by atoms with Gasteiger partial charge in [0, 0.05) is 25.8 Å². The third kappa shape index (κ3) is 4.95. The van der Waals surface area contributed by atoms with E-state index in [1.165, 1.54) is 12.1 Å². The number of hydrogen-bond donors (Lipinski definition) is 1. The van der Waals surface area contributed by atoms with Gasteiger partial charge in [-0.25, -0.2) is 4.39 Å². The van der Waals surface area contributed by atoms with Gasteiger partial charge in [0.05, 0.1) is 10.6 Å². The number of halogens is 2. The summed E-state index contributed by atoms with van der Waals surface area (Å²) in [5, 5.41) is 6.91. The molecule has 1 N–H and O–H groups in total. The lowest BCUT2D eigenvalue weighted by atomic mass is 10.0. The van der Waals surface area contributed by atoms with E-state index in [4.69, 9.17) is 16.1 Å². The first kappa shape index (κ1) is 20.9. The van der Waals surface area contributed by atoms with Crippen LogP contribution in [0.3, 0.4) is 0 Å². The Hall–Kier alpha value is -2.86. The van der Waals surface area contributed by atoms with Gasteiger partial charge in [-0.1, -0.05) is 41.0 Å². The van der Waals surface area contributed by atoms with E-state index in [9.17, 15) is 9.18 Å². The van der Waals surface area contributed by atoms with Gasteiger partial charge in [0.1, 0.15) is 22.8 Å². The normalized spacial score (nSPS) is 10.8. The molecule has 0 unspecified atom stereocenters. The standard InChI is InChI=1S/C22H23ClFN3O2/c1-15-19(21(26-29-15)20-17(23)11-8-12-18(20)24)22(28)25-13-6-7-14-27(2)16-9-4-3-5-10-16/h3-5,8-12H,6-7,13-14H2,1-2H3,(H,25,28). The summed E-state index contributed by atoms with van der Waals surface area (Å²) in [6.07, 6.45) is 1.73. The van der Waals surface area contributed by atoms with Crippen molar-refractivity contribution in [2.45, 2.75) is 19.8 Å². The van der Waals surface area contributed by atoms with Crippen LogP contribution < -0.4 is 10.2 Å². The molecule has 0 bridgehead atoms. The summed E-state index contributed by atoms with van der Waals surface area (Å²) in [5.74, 6) is -0.584. The quantitative estimate of drug-likeness (QED) is 0.520. The largest absolute Gasteiger partial charge is 0.375 e. The summed E-state index contributed by atoms with van der Waals surface area (Å²) in [6.45, 7) is 2.99. The zero-order chi connectivity index (χ0) is 20.8. The van der Waals surface area contributed by atoms with Gasteiger partial charge in [-0.3, -0.25) is 4.79 Å². The number of carbonyl (C=O) groups excluding carboxylic acids is 1. The van der Waals surface area contributed by atoms with Gasteiger partial charge in [0.2, 0.25) is 0 Å². The minimum absolute atomic E-state index is 0.0700. The van der Waals surface area contributed by atoms with Crippen molar-refractivity contribution in [2.24, 2.45) is 0 Å². The van der Waals surface area contributed by atoms with Gasteiger partial charge in [-0.05, 0) is 44.0 Å². The number of carbonyl (C=O) groups is 1. The molecule has 1 aromatic heterocycles. The average Bonchev–Trinajstić information content (AvgIpc) is 3.09. The molecule has 29 heavy (non-hydrogen) atoms. The molecule has 3 rings (SSSR count). The summed E-state index contributed by atoms with van der Waals surface area (Å²) < 4.78 is 19.4. The number of unbranched alkanes of at least 4 members (excludes halogenated alkanes) is 1. The molecule has 5 nitrogen and oxygen atoms in total. The van der Waals surface area contributed by atoms with Crippen molar-refractivity contribution < 1.29 is 13.7 Å². The number of aryl methyl sites for hydroxylation is 1. The van der Waals surface area contributed by atoms with Gasteiger partial charge in [0.15, 0.2) is 0 Å². The summed E-state index contributed by atoms with van der Waals surface area (Å²) >= 11 is 6.12. The Balaban J connectivity index is 1.57. The summed E-state index contributed by atoms with van der Waals surface area (Å²) in [5.41, 5.74) is 1.55. The number of nitrogens with zero attached hydrogens (tertiary/aromatic N) is 2. The molecule has 0 aliphatic carbocycles. The van der Waals surface area contributed by atoms with Crippen molar-refractivity contribution in [1.29, 1.82) is 0 Å². The number of nitrogens with one attached hydrogen (secondary N) is 1. The molecular formula is C22H23ClFN3O2. The highest BCUT2D eigenvalue weighted by molar-refractivity contribution is 6.33. The average molecular weight is 416 g/mol. The van der Waals surface area contributed by atoms with Crippen LogP contribution in [0.15, 0.2) is 53.1 Å². The van der Waals surface area contributed by atoms with Crippen LogP contribution in [0.2, 0.25) is 5.02 Å². The Kier molecular flexibility index (Phi) is 6.88. The summed E-state index contributed by atoms with van der Waals surface area (Å²) in [6, 6.07) is 14.4. The fraction of sp³-hybridized carbons (Fsp3) is 0.273. The molecule has 0 radical (unpaired) electrons. The van der Waals surface area contributed by atoms with Gasteiger partial charge in [-0.15, -0.1) is 0 Å². The zero-order valence-corrected chi connectivity index (χ0v) is 17.2. The molecule has 3 aromatic rings. The molecule has 7 heteroatoms. The Morgan fingerprint density at radius 1 is 1.17 bits per heavy atom. The fourth-order valence-electron chi connectivity index (χ4n) is 3.11. The Bertz CT molecular complexity index is 955. The predicted molar refractivity (Wildman–Crippen MR) is 113 cm³/mol. The highest BCUT2D eigenvalue weighted by Gasteiger charge is 2.25. The van der Waals surface area contributed by atoms with E-state index in [1.807, 2.05) is 25.2 Å². The van der Waals surface area contributed by atoms with E-state index < -0.39 is 5.82 Å². The third-order valence-electron chi connectivity index (χ3n) is 4.69. The van der Waals surface area contributed by atoms with Crippen molar-refractivity contribution in [3.8, 4) is 11.3 Å². The first-order chi connectivity index (χ1) is 14.0. The van der Waals surface area contributed by atoms with Crippen LogP contribution in [0.1, 0.15) is 29.0 Å². The molecule has 1 amide bonds. The molecule has 0 aliphatic heterocycles. The van der Waals surface area contributed by atoms with Crippen LogP contribution in [-0.4, -0.2) is 31.2 Å². The van der Waals surface area contributed by atoms with Crippen LogP contribution in [0.5, 0.6) is 0 Å². The molecule has 0 fully saturated rings. The topological polar surface area (TPSA) is 58.4 Å². The second-order valence-corrected chi connectivity index (χ2v) is 7.19. The second kappa shape index (κ2) is 9.56. The van der Waals surface area contributed by atoms with Crippen molar-refractivity contribution in [2.75, 3.05) is 25.0 Å². The monoisotopic (exact) mass is 415 g/mol. The van der Waals surface area contributed by atoms with E-state index in [-0.39, 0.29) is 27.8 Å². The Morgan fingerprint density at radius 3 is 2.66 bits per heavy atom. The van der Waals surface area contributed by atoms with Gasteiger partial charge >= 0.3 is 0 Å². The Labute approximate surface area is 174 Å². The van der Waals surface area contributed by atoms with Gasteiger partial charge in [-0.2, -0.15) is 0 Å². The highest BCUT2D eigenvalue weighted by atomic mass is 35.5. The minimum Gasteiger partial charge on any atom is -0.375 e. The second-order valence-electron chi connectivity index (χ2n) is 6.78. The van der Waals surface area contributed by atoms with Crippen molar-refractivity contribution >= 4 is 23.2 Å². The number of hydrogen-bond acceptors (Lipinski definition) is 4. The van der Waals surface area contributed by atoms with Crippen LogP contribution in [0, 0.1) is 12.7 Å². The van der Waals surface area contributed by atoms with E-state index in [2.05, 4.69) is 27.5 Å². The SMILES string of the molecule is Cc1onc(-c2c(F)cccc2Cl)c1C(=O)NCCCCN(C)c1ccccc1. The summed E-state index contributed by atoms with van der Waals surface area (Å²) in [7, 11) is 2.04. The molecule has 1 heterocycles. The Morgan fingerprint density at radius 2 is 1.93 bits per heavy atom. The van der Waals surface area contributed by atoms with E-state index in [0.29, 0.717) is 12.3 Å². The van der Waals surface area contributed by atoms with Crippen LogP contribution in [0.25, 0.3) is 11.3 Å². The van der Waals surface area contributed by atoms with Crippen LogP contribution in [0.4, 0.5) is 10.1 Å². The minimum atomic E-state index is -0.552. The maximum Gasteiger partial charge on any atom is 0.257 e. The van der Waals surface area contributed by atoms with Crippen LogP contribution in [-0.2, 0) is 0 Å². The lowest BCUT2D eigenvalue weighted by Gasteiger charge is -2.19. The van der Waals surface area contributed by atoms with E-state index in [0.717, 1.165) is 25.1 Å². The fourth-order valence-corrected chi connectivity index (χ4v) is 3.36. The number of aromatic nitrogens is 1. The predicted octanol–water partition coefficient (Wildman–Crippen LogP) is 5.09. The first-order valence-electron chi connectivity index (χ1n) is 9.44. The maximum absolute atomic E-state index is 14.3. The number of benzene rings is 2. The van der Waals surface area contributed by atoms with Crippen LogP contribution >= 0.6 is 11.6 Å². The van der Waals surface area contributed by atoms with Crippen molar-refractivity contribution in [3.63, 3.8) is 0 Å².